The molecule has 0 fully saturated rings. The van der Waals surface area contributed by atoms with Crippen molar-refractivity contribution in [2.75, 3.05) is 5.32 Å². The molecule has 0 saturated carbocycles. The van der Waals surface area contributed by atoms with E-state index in [4.69, 9.17) is 18.0 Å². The van der Waals surface area contributed by atoms with Crippen LogP contribution < -0.4 is 11.1 Å². The monoisotopic (exact) mass is 306 g/mol. The second-order valence-electron chi connectivity index (χ2n) is 4.41. The van der Waals surface area contributed by atoms with E-state index < -0.39 is 11.6 Å². The van der Waals surface area contributed by atoms with Crippen LogP contribution in [0.1, 0.15) is 11.1 Å². The van der Waals surface area contributed by atoms with Crippen LogP contribution in [-0.2, 0) is 11.2 Å². The highest BCUT2D eigenvalue weighted by atomic mass is 32.1. The lowest BCUT2D eigenvalue weighted by Crippen LogP contribution is -2.16. The molecule has 0 unspecified atom stereocenters. The second-order valence-corrected chi connectivity index (χ2v) is 4.85. The van der Waals surface area contributed by atoms with E-state index >= 15 is 0 Å². The number of nitrogens with two attached hydrogens (primary N) is 1. The average Bonchev–Trinajstić information content (AvgIpc) is 2.40. The molecule has 6 heteroatoms. The highest BCUT2D eigenvalue weighted by molar-refractivity contribution is 7.80. The first kappa shape index (κ1) is 15.1. The van der Waals surface area contributed by atoms with Crippen molar-refractivity contribution in [2.24, 2.45) is 5.73 Å². The van der Waals surface area contributed by atoms with E-state index in [-0.39, 0.29) is 22.9 Å². The van der Waals surface area contributed by atoms with Gasteiger partial charge in [0.2, 0.25) is 5.91 Å². The van der Waals surface area contributed by atoms with Crippen molar-refractivity contribution in [1.29, 1.82) is 0 Å². The van der Waals surface area contributed by atoms with Crippen LogP contribution >= 0.6 is 12.2 Å². The normalized spacial score (nSPS) is 10.2. The van der Waals surface area contributed by atoms with E-state index in [0.717, 1.165) is 0 Å². The summed E-state index contributed by atoms with van der Waals surface area (Å²) in [5, 5.41) is 2.59. The Kier molecular flexibility index (Phi) is 4.59. The van der Waals surface area contributed by atoms with Crippen molar-refractivity contribution in [1.82, 2.24) is 0 Å². The zero-order valence-corrected chi connectivity index (χ0v) is 11.7. The molecule has 2 aromatic rings. The van der Waals surface area contributed by atoms with E-state index in [0.29, 0.717) is 11.3 Å². The van der Waals surface area contributed by atoms with Crippen molar-refractivity contribution < 1.29 is 13.6 Å². The molecule has 0 aliphatic heterocycles. The number of hydrogen-bond acceptors (Lipinski definition) is 2. The minimum absolute atomic E-state index is 0.0114. The van der Waals surface area contributed by atoms with Gasteiger partial charge < -0.3 is 11.1 Å². The fraction of sp³-hybridized carbons (Fsp3) is 0.0667. The van der Waals surface area contributed by atoms with Gasteiger partial charge in [-0.1, -0.05) is 24.4 Å². The molecule has 0 spiro atoms. The van der Waals surface area contributed by atoms with Gasteiger partial charge in [-0.2, -0.15) is 0 Å². The Morgan fingerprint density at radius 2 is 1.95 bits per heavy atom. The van der Waals surface area contributed by atoms with Crippen molar-refractivity contribution >= 4 is 28.8 Å². The molecule has 0 aliphatic rings. The molecule has 21 heavy (non-hydrogen) atoms. The Morgan fingerprint density at radius 1 is 1.19 bits per heavy atom. The maximum atomic E-state index is 13.4. The largest absolute Gasteiger partial charge is 0.389 e. The summed E-state index contributed by atoms with van der Waals surface area (Å²) in [5.74, 6) is -1.30. The summed E-state index contributed by atoms with van der Waals surface area (Å²) in [5.41, 5.74) is 6.38. The lowest BCUT2D eigenvalue weighted by atomic mass is 10.1. The van der Waals surface area contributed by atoms with Gasteiger partial charge in [0.15, 0.2) is 0 Å². The molecule has 0 bridgehead atoms. The molecule has 2 rings (SSSR count). The van der Waals surface area contributed by atoms with Crippen LogP contribution in [0.5, 0.6) is 0 Å². The van der Waals surface area contributed by atoms with E-state index in [2.05, 4.69) is 5.32 Å². The number of nitrogens with one attached hydrogen (secondary N) is 1. The Morgan fingerprint density at radius 3 is 2.62 bits per heavy atom. The van der Waals surface area contributed by atoms with Gasteiger partial charge in [-0.3, -0.25) is 4.79 Å². The summed E-state index contributed by atoms with van der Waals surface area (Å²) < 4.78 is 26.5. The van der Waals surface area contributed by atoms with Gasteiger partial charge in [-0.15, -0.1) is 0 Å². The smallest absolute Gasteiger partial charge is 0.228 e. The molecular weight excluding hydrogens is 294 g/mol. The second kappa shape index (κ2) is 6.41. The standard InChI is InChI=1S/C15H12F2N2OS/c16-10-3-1-2-9(6-10)7-14(20)19-11-4-5-13(17)12(8-11)15(18)21/h1-6,8H,7H2,(H2,18,21)(H,19,20). The Balaban J connectivity index is 2.09. The van der Waals surface area contributed by atoms with E-state index in [9.17, 15) is 13.6 Å². The van der Waals surface area contributed by atoms with Crippen molar-refractivity contribution in [3.05, 3.63) is 65.2 Å². The Hall–Kier alpha value is -2.34. The third-order valence-corrected chi connectivity index (χ3v) is 2.99. The Labute approximate surface area is 125 Å². The predicted octanol–water partition coefficient (Wildman–Crippen LogP) is 2.78. The van der Waals surface area contributed by atoms with Gasteiger partial charge in [0.05, 0.1) is 6.42 Å². The number of hydrogen-bond donors (Lipinski definition) is 2. The zero-order chi connectivity index (χ0) is 15.4. The van der Waals surface area contributed by atoms with Crippen LogP contribution in [0.3, 0.4) is 0 Å². The SMILES string of the molecule is NC(=S)c1cc(NC(=O)Cc2cccc(F)c2)ccc1F. The minimum Gasteiger partial charge on any atom is -0.389 e. The maximum absolute atomic E-state index is 13.4. The number of thiocarbonyl (C=S) groups is 1. The van der Waals surface area contributed by atoms with Crippen LogP contribution in [0, 0.1) is 11.6 Å². The highest BCUT2D eigenvalue weighted by Crippen LogP contribution is 2.15. The lowest BCUT2D eigenvalue weighted by Gasteiger charge is -2.08. The third-order valence-electron chi connectivity index (χ3n) is 2.77. The van der Waals surface area contributed by atoms with Crippen LogP contribution in [0.2, 0.25) is 0 Å². The summed E-state index contributed by atoms with van der Waals surface area (Å²) in [6.07, 6.45) is 0.0114. The first-order chi connectivity index (χ1) is 9.95. The molecule has 108 valence electrons. The number of benzene rings is 2. The number of carbonyl (C=O) groups is 1. The lowest BCUT2D eigenvalue weighted by molar-refractivity contribution is -0.115. The van der Waals surface area contributed by atoms with Gasteiger partial charge in [-0.25, -0.2) is 8.78 Å². The number of rotatable bonds is 4. The van der Waals surface area contributed by atoms with Gasteiger partial charge >= 0.3 is 0 Å². The van der Waals surface area contributed by atoms with Crippen molar-refractivity contribution in [3.63, 3.8) is 0 Å². The van der Waals surface area contributed by atoms with Gasteiger partial charge in [0, 0.05) is 11.3 Å². The molecule has 0 aromatic heterocycles. The molecule has 0 aliphatic carbocycles. The van der Waals surface area contributed by atoms with Crippen LogP contribution in [-0.4, -0.2) is 10.9 Å². The molecule has 0 saturated heterocycles. The fourth-order valence-corrected chi connectivity index (χ4v) is 1.99. The first-order valence-electron chi connectivity index (χ1n) is 6.09. The Bertz CT molecular complexity index is 704. The van der Waals surface area contributed by atoms with E-state index in [1.165, 1.54) is 36.4 Å². The molecule has 1 amide bonds. The molecule has 0 atom stereocenters. The number of halogens is 2. The van der Waals surface area contributed by atoms with Crippen LogP contribution in [0.25, 0.3) is 0 Å². The molecule has 0 radical (unpaired) electrons. The van der Waals surface area contributed by atoms with Crippen LogP contribution in [0.15, 0.2) is 42.5 Å². The summed E-state index contributed by atoms with van der Waals surface area (Å²) in [6, 6.07) is 9.70. The molecule has 3 N–H and O–H groups in total. The first-order valence-corrected chi connectivity index (χ1v) is 6.50. The van der Waals surface area contributed by atoms with Crippen LogP contribution in [0.4, 0.5) is 14.5 Å². The maximum Gasteiger partial charge on any atom is 0.228 e. The average molecular weight is 306 g/mol. The quantitative estimate of drug-likeness (QED) is 0.854. The van der Waals surface area contributed by atoms with Gasteiger partial charge in [0.25, 0.3) is 0 Å². The zero-order valence-electron chi connectivity index (χ0n) is 10.9. The number of amides is 1. The number of anilines is 1. The molecule has 0 heterocycles. The predicted molar refractivity (Wildman–Crippen MR) is 81.0 cm³/mol. The fourth-order valence-electron chi connectivity index (χ4n) is 1.83. The van der Waals surface area contributed by atoms with Gasteiger partial charge in [0.1, 0.15) is 16.6 Å². The molecule has 2 aromatic carbocycles. The van der Waals surface area contributed by atoms with Gasteiger partial charge in [-0.05, 0) is 35.9 Å². The molecule has 3 nitrogen and oxygen atoms in total. The number of carbonyl (C=O) groups excluding carboxylic acids is 1. The van der Waals surface area contributed by atoms with Crippen molar-refractivity contribution in [2.45, 2.75) is 6.42 Å². The van der Waals surface area contributed by atoms with E-state index in [1.807, 2.05) is 0 Å². The topological polar surface area (TPSA) is 55.1 Å². The summed E-state index contributed by atoms with van der Waals surface area (Å²) in [4.78, 5) is 11.8. The summed E-state index contributed by atoms with van der Waals surface area (Å²) in [7, 11) is 0. The third kappa shape index (κ3) is 4.06. The van der Waals surface area contributed by atoms with E-state index in [1.54, 1.807) is 6.07 Å². The highest BCUT2D eigenvalue weighted by Gasteiger charge is 2.09. The molecular formula is C15H12F2N2OS. The minimum atomic E-state index is -0.550. The summed E-state index contributed by atoms with van der Waals surface area (Å²) >= 11 is 4.73. The van der Waals surface area contributed by atoms with Crippen molar-refractivity contribution in [3.8, 4) is 0 Å². The summed E-state index contributed by atoms with van der Waals surface area (Å²) in [6.45, 7) is 0.